The maximum atomic E-state index is 10.3. The van der Waals surface area contributed by atoms with Crippen LogP contribution in [0.3, 0.4) is 0 Å². The number of halogens is 1. The third kappa shape index (κ3) is 5.40. The molecule has 1 aromatic carbocycles. The van der Waals surface area contributed by atoms with Crippen LogP contribution in [0, 0.1) is 0 Å². The maximum absolute atomic E-state index is 10.3. The SMILES string of the molecule is CCNC(=NCC1(O)CCC1)N1CCC(c2cc(OC)cc(OC)c2)C1.I. The number of ether oxygens (including phenoxy) is 2. The van der Waals surface area contributed by atoms with Crippen LogP contribution >= 0.6 is 24.0 Å². The molecule has 1 aliphatic heterocycles. The summed E-state index contributed by atoms with van der Waals surface area (Å²) in [7, 11) is 3.36. The Balaban J connectivity index is 0.00000261. The second-order valence-electron chi connectivity index (χ2n) is 7.33. The molecule has 1 saturated heterocycles. The normalized spacial score (nSPS) is 21.3. The van der Waals surface area contributed by atoms with Gasteiger partial charge in [-0.3, -0.25) is 4.99 Å². The number of aliphatic imine (C=N–C) groups is 1. The molecular weight excluding hydrogens is 457 g/mol. The first-order valence-corrected chi connectivity index (χ1v) is 9.55. The topological polar surface area (TPSA) is 66.3 Å². The Kier molecular flexibility index (Phi) is 8.03. The van der Waals surface area contributed by atoms with Crippen LogP contribution < -0.4 is 14.8 Å². The highest BCUT2D eigenvalue weighted by Gasteiger charge is 2.35. The van der Waals surface area contributed by atoms with Gasteiger partial charge in [-0.1, -0.05) is 0 Å². The molecule has 0 spiro atoms. The molecule has 1 heterocycles. The van der Waals surface area contributed by atoms with Gasteiger partial charge >= 0.3 is 0 Å². The minimum Gasteiger partial charge on any atom is -0.497 e. The monoisotopic (exact) mass is 489 g/mol. The van der Waals surface area contributed by atoms with Crippen LogP contribution in [0.5, 0.6) is 11.5 Å². The fraction of sp³-hybridized carbons (Fsp3) is 0.650. The average molecular weight is 489 g/mol. The fourth-order valence-corrected chi connectivity index (χ4v) is 3.68. The molecule has 1 aromatic rings. The number of nitrogens with zero attached hydrogens (tertiary/aromatic N) is 2. The predicted octanol–water partition coefficient (Wildman–Crippen LogP) is 2.99. The number of guanidine groups is 1. The summed E-state index contributed by atoms with van der Waals surface area (Å²) in [5.41, 5.74) is 0.650. The molecule has 0 radical (unpaired) electrons. The zero-order valence-electron chi connectivity index (χ0n) is 16.5. The summed E-state index contributed by atoms with van der Waals surface area (Å²) >= 11 is 0. The number of aliphatic hydroxyl groups is 1. The zero-order chi connectivity index (χ0) is 18.6. The first kappa shape index (κ1) is 22.1. The van der Waals surface area contributed by atoms with Gasteiger partial charge in [-0.15, -0.1) is 24.0 Å². The summed E-state index contributed by atoms with van der Waals surface area (Å²) in [5, 5.41) is 13.7. The van der Waals surface area contributed by atoms with Crippen LogP contribution in [0.4, 0.5) is 0 Å². The van der Waals surface area contributed by atoms with Crippen LogP contribution in [0.25, 0.3) is 0 Å². The van der Waals surface area contributed by atoms with E-state index in [1.54, 1.807) is 14.2 Å². The Bertz CT molecular complexity index is 627. The van der Waals surface area contributed by atoms with Gasteiger partial charge in [0.25, 0.3) is 0 Å². The molecule has 1 aliphatic carbocycles. The number of likely N-dealkylation sites (tertiary alicyclic amines) is 1. The van der Waals surface area contributed by atoms with Crippen molar-refractivity contribution >= 4 is 29.9 Å². The molecule has 2 aliphatic rings. The van der Waals surface area contributed by atoms with E-state index in [0.29, 0.717) is 12.5 Å². The van der Waals surface area contributed by atoms with Crippen molar-refractivity contribution in [3.63, 3.8) is 0 Å². The van der Waals surface area contributed by atoms with E-state index in [0.717, 1.165) is 62.8 Å². The van der Waals surface area contributed by atoms with Gasteiger partial charge in [0, 0.05) is 31.6 Å². The lowest BCUT2D eigenvalue weighted by Gasteiger charge is -2.35. The van der Waals surface area contributed by atoms with Gasteiger partial charge in [0.15, 0.2) is 5.96 Å². The predicted molar refractivity (Wildman–Crippen MR) is 119 cm³/mol. The second-order valence-corrected chi connectivity index (χ2v) is 7.33. The number of methoxy groups -OCH3 is 2. The third-order valence-electron chi connectivity index (χ3n) is 5.48. The third-order valence-corrected chi connectivity index (χ3v) is 5.48. The highest BCUT2D eigenvalue weighted by atomic mass is 127. The molecule has 2 N–H and O–H groups in total. The van der Waals surface area contributed by atoms with Gasteiger partial charge < -0.3 is 24.8 Å². The van der Waals surface area contributed by atoms with E-state index < -0.39 is 5.60 Å². The molecular formula is C20H32IN3O3. The quantitative estimate of drug-likeness (QED) is 0.366. The Morgan fingerprint density at radius 1 is 1.26 bits per heavy atom. The molecule has 2 fully saturated rings. The molecule has 3 rings (SSSR count). The first-order chi connectivity index (χ1) is 12.6. The van der Waals surface area contributed by atoms with E-state index in [9.17, 15) is 5.11 Å². The van der Waals surface area contributed by atoms with Crippen molar-refractivity contribution in [1.82, 2.24) is 10.2 Å². The van der Waals surface area contributed by atoms with Gasteiger partial charge in [-0.25, -0.2) is 0 Å². The minimum atomic E-state index is -0.583. The molecule has 1 unspecified atom stereocenters. The average Bonchev–Trinajstić information content (AvgIpc) is 3.13. The lowest BCUT2D eigenvalue weighted by atomic mass is 9.80. The zero-order valence-corrected chi connectivity index (χ0v) is 18.9. The van der Waals surface area contributed by atoms with Crippen molar-refractivity contribution in [2.75, 3.05) is 40.4 Å². The molecule has 0 aromatic heterocycles. The van der Waals surface area contributed by atoms with Gasteiger partial charge in [-0.05, 0) is 50.3 Å². The van der Waals surface area contributed by atoms with Crippen LogP contribution in [0.2, 0.25) is 0 Å². The lowest BCUT2D eigenvalue weighted by Crippen LogP contribution is -2.44. The number of nitrogens with one attached hydrogen (secondary N) is 1. The molecule has 27 heavy (non-hydrogen) atoms. The van der Waals surface area contributed by atoms with Crippen molar-refractivity contribution < 1.29 is 14.6 Å². The smallest absolute Gasteiger partial charge is 0.194 e. The summed E-state index contributed by atoms with van der Waals surface area (Å²) in [6.45, 7) is 5.25. The van der Waals surface area contributed by atoms with Gasteiger partial charge in [0.2, 0.25) is 0 Å². The van der Waals surface area contributed by atoms with Crippen molar-refractivity contribution in [3.8, 4) is 11.5 Å². The summed E-state index contributed by atoms with van der Waals surface area (Å²) in [6.07, 6.45) is 3.89. The Morgan fingerprint density at radius 3 is 2.44 bits per heavy atom. The number of hydrogen-bond donors (Lipinski definition) is 2. The van der Waals surface area contributed by atoms with E-state index in [-0.39, 0.29) is 24.0 Å². The Morgan fingerprint density at radius 2 is 1.93 bits per heavy atom. The molecule has 6 nitrogen and oxygen atoms in total. The van der Waals surface area contributed by atoms with E-state index in [2.05, 4.69) is 29.3 Å². The van der Waals surface area contributed by atoms with Crippen molar-refractivity contribution in [2.24, 2.45) is 4.99 Å². The minimum absolute atomic E-state index is 0. The van der Waals surface area contributed by atoms with Crippen molar-refractivity contribution in [2.45, 2.75) is 44.1 Å². The van der Waals surface area contributed by atoms with Gasteiger partial charge in [-0.2, -0.15) is 0 Å². The number of rotatable bonds is 6. The van der Waals surface area contributed by atoms with Gasteiger partial charge in [0.05, 0.1) is 26.4 Å². The van der Waals surface area contributed by atoms with E-state index in [1.165, 1.54) is 5.56 Å². The van der Waals surface area contributed by atoms with E-state index in [1.807, 2.05) is 6.07 Å². The van der Waals surface area contributed by atoms with Crippen LogP contribution in [-0.2, 0) is 0 Å². The number of hydrogen-bond acceptors (Lipinski definition) is 4. The van der Waals surface area contributed by atoms with Crippen LogP contribution in [-0.4, -0.2) is 62.0 Å². The fourth-order valence-electron chi connectivity index (χ4n) is 3.68. The highest BCUT2D eigenvalue weighted by Crippen LogP contribution is 2.34. The van der Waals surface area contributed by atoms with Crippen molar-refractivity contribution in [3.05, 3.63) is 23.8 Å². The van der Waals surface area contributed by atoms with Crippen molar-refractivity contribution in [1.29, 1.82) is 0 Å². The summed E-state index contributed by atoms with van der Waals surface area (Å²) < 4.78 is 10.8. The maximum Gasteiger partial charge on any atom is 0.194 e. The summed E-state index contributed by atoms with van der Waals surface area (Å²) in [5.74, 6) is 2.97. The van der Waals surface area contributed by atoms with Crippen LogP contribution in [0.1, 0.15) is 44.1 Å². The molecule has 7 heteroatoms. The molecule has 1 saturated carbocycles. The van der Waals surface area contributed by atoms with E-state index in [4.69, 9.17) is 14.5 Å². The Labute approximate surface area is 179 Å². The summed E-state index contributed by atoms with van der Waals surface area (Å²) in [6, 6.07) is 6.09. The highest BCUT2D eigenvalue weighted by molar-refractivity contribution is 14.0. The summed E-state index contributed by atoms with van der Waals surface area (Å²) in [4.78, 5) is 7.01. The van der Waals surface area contributed by atoms with Crippen LogP contribution in [0.15, 0.2) is 23.2 Å². The van der Waals surface area contributed by atoms with Gasteiger partial charge in [0.1, 0.15) is 11.5 Å². The largest absolute Gasteiger partial charge is 0.497 e. The lowest BCUT2D eigenvalue weighted by molar-refractivity contribution is -0.0237. The Hall–Kier alpha value is -1.22. The first-order valence-electron chi connectivity index (χ1n) is 9.55. The number of benzene rings is 1. The standard InChI is InChI=1S/C20H31N3O3.HI/c1-4-21-19(22-14-20(24)7-5-8-20)23-9-6-15(13-23)16-10-17(25-2)12-18(11-16)26-3;/h10-12,15,24H,4-9,13-14H2,1-3H3,(H,21,22);1H. The second kappa shape index (κ2) is 9.82. The molecule has 152 valence electrons. The molecule has 1 atom stereocenters. The molecule has 0 amide bonds. The van der Waals surface area contributed by atoms with E-state index >= 15 is 0 Å². The molecule has 0 bridgehead atoms.